The second-order valence-electron chi connectivity index (χ2n) is 3.53. The fourth-order valence-corrected chi connectivity index (χ4v) is 1.50. The zero-order valence-corrected chi connectivity index (χ0v) is 9.09. The number of aliphatic hydroxyl groups is 1. The Bertz CT molecular complexity index is 256. The highest BCUT2D eigenvalue weighted by atomic mass is 79.9. The first-order valence-corrected chi connectivity index (χ1v) is 4.59. The van der Waals surface area contributed by atoms with Gasteiger partial charge in [0.1, 0.15) is 10.4 Å². The Morgan fingerprint density at radius 3 is 2.58 bits per heavy atom. The molecular weight excluding hydrogens is 220 g/mol. The van der Waals surface area contributed by atoms with Crippen molar-refractivity contribution >= 4 is 15.9 Å². The van der Waals surface area contributed by atoms with Crippen LogP contribution in [0.3, 0.4) is 0 Å². The van der Waals surface area contributed by atoms with Crippen molar-refractivity contribution in [1.82, 2.24) is 9.55 Å². The van der Waals surface area contributed by atoms with E-state index < -0.39 is 5.60 Å². The van der Waals surface area contributed by atoms with Crippen LogP contribution in [0, 0.1) is 6.92 Å². The van der Waals surface area contributed by atoms with Crippen LogP contribution >= 0.6 is 15.9 Å². The molecule has 0 amide bonds. The summed E-state index contributed by atoms with van der Waals surface area (Å²) >= 11 is 3.36. The van der Waals surface area contributed by atoms with Gasteiger partial charge in [-0.1, -0.05) is 0 Å². The lowest BCUT2D eigenvalue weighted by atomic mass is 10.1. The highest BCUT2D eigenvalue weighted by Gasteiger charge is 2.16. The Kier molecular flexibility index (Phi) is 2.58. The fraction of sp³-hybridized carbons (Fsp3) is 0.625. The Morgan fingerprint density at radius 1 is 1.67 bits per heavy atom. The maximum atomic E-state index is 9.57. The highest BCUT2D eigenvalue weighted by molar-refractivity contribution is 9.10. The van der Waals surface area contributed by atoms with Crippen LogP contribution in [0.15, 0.2) is 10.8 Å². The van der Waals surface area contributed by atoms with Crippen molar-refractivity contribution in [2.45, 2.75) is 32.9 Å². The van der Waals surface area contributed by atoms with E-state index in [9.17, 15) is 5.11 Å². The minimum atomic E-state index is -0.700. The summed E-state index contributed by atoms with van der Waals surface area (Å²) in [6, 6.07) is 0. The van der Waals surface area contributed by atoms with Gasteiger partial charge in [-0.2, -0.15) is 0 Å². The minimum Gasteiger partial charge on any atom is -0.389 e. The topological polar surface area (TPSA) is 38.0 Å². The molecule has 0 saturated heterocycles. The molecule has 3 nitrogen and oxygen atoms in total. The Labute approximate surface area is 80.6 Å². The number of hydrogen-bond acceptors (Lipinski definition) is 2. The standard InChI is InChI=1S/C8H13BrN2O/c1-6-10-4-7(9)11(6)5-8(2,3)12/h4,12H,5H2,1-3H3. The number of rotatable bonds is 2. The molecule has 0 bridgehead atoms. The molecule has 0 aliphatic rings. The molecule has 0 unspecified atom stereocenters. The summed E-state index contributed by atoms with van der Waals surface area (Å²) in [5, 5.41) is 9.57. The molecule has 0 radical (unpaired) electrons. The predicted molar refractivity (Wildman–Crippen MR) is 51.0 cm³/mol. The Hall–Kier alpha value is -0.350. The second kappa shape index (κ2) is 3.18. The fourth-order valence-electron chi connectivity index (χ4n) is 1.02. The summed E-state index contributed by atoms with van der Waals surface area (Å²) in [6.45, 7) is 6.02. The van der Waals surface area contributed by atoms with E-state index in [1.807, 2.05) is 11.5 Å². The van der Waals surface area contributed by atoms with Gasteiger partial charge in [0.25, 0.3) is 0 Å². The van der Waals surface area contributed by atoms with E-state index in [4.69, 9.17) is 0 Å². The molecule has 68 valence electrons. The molecule has 12 heavy (non-hydrogen) atoms. The first-order valence-electron chi connectivity index (χ1n) is 3.80. The molecule has 0 aliphatic heterocycles. The maximum absolute atomic E-state index is 9.57. The first-order chi connectivity index (χ1) is 5.40. The van der Waals surface area contributed by atoms with Crippen LogP contribution in [0.1, 0.15) is 19.7 Å². The highest BCUT2D eigenvalue weighted by Crippen LogP contribution is 2.15. The third-order valence-electron chi connectivity index (χ3n) is 1.55. The van der Waals surface area contributed by atoms with Gasteiger partial charge in [0, 0.05) is 0 Å². The normalized spacial score (nSPS) is 12.1. The molecule has 0 atom stereocenters. The molecule has 1 aromatic heterocycles. The molecule has 1 N–H and O–H groups in total. The zero-order chi connectivity index (χ0) is 9.35. The van der Waals surface area contributed by atoms with Gasteiger partial charge in [-0.25, -0.2) is 4.98 Å². The van der Waals surface area contributed by atoms with Gasteiger partial charge in [-0.05, 0) is 36.7 Å². The van der Waals surface area contributed by atoms with Gasteiger partial charge in [0.2, 0.25) is 0 Å². The van der Waals surface area contributed by atoms with Crippen LogP contribution in [0.4, 0.5) is 0 Å². The zero-order valence-electron chi connectivity index (χ0n) is 7.50. The largest absolute Gasteiger partial charge is 0.389 e. The van der Waals surface area contributed by atoms with Gasteiger partial charge >= 0.3 is 0 Å². The number of halogens is 1. The van der Waals surface area contributed by atoms with Crippen molar-refractivity contribution in [3.8, 4) is 0 Å². The van der Waals surface area contributed by atoms with Crippen LogP contribution < -0.4 is 0 Å². The van der Waals surface area contributed by atoms with Crippen LogP contribution in [-0.2, 0) is 6.54 Å². The second-order valence-corrected chi connectivity index (χ2v) is 4.34. The molecule has 0 aromatic carbocycles. The lowest BCUT2D eigenvalue weighted by Crippen LogP contribution is -2.26. The average molecular weight is 233 g/mol. The molecule has 1 rings (SSSR count). The smallest absolute Gasteiger partial charge is 0.106 e. The van der Waals surface area contributed by atoms with E-state index in [0.29, 0.717) is 6.54 Å². The lowest BCUT2D eigenvalue weighted by molar-refractivity contribution is 0.0602. The third kappa shape index (κ3) is 2.32. The first kappa shape index (κ1) is 9.74. The van der Waals surface area contributed by atoms with Gasteiger partial charge < -0.3 is 9.67 Å². The van der Waals surface area contributed by atoms with Crippen molar-refractivity contribution in [2.75, 3.05) is 0 Å². The van der Waals surface area contributed by atoms with Crippen LogP contribution in [-0.4, -0.2) is 20.3 Å². The van der Waals surface area contributed by atoms with Crippen LogP contribution in [0.5, 0.6) is 0 Å². The monoisotopic (exact) mass is 232 g/mol. The van der Waals surface area contributed by atoms with E-state index in [1.165, 1.54) is 0 Å². The Morgan fingerprint density at radius 2 is 2.25 bits per heavy atom. The number of hydrogen-bond donors (Lipinski definition) is 1. The number of nitrogens with zero attached hydrogens (tertiary/aromatic N) is 2. The predicted octanol–water partition coefficient (Wildman–Crippen LogP) is 1.72. The summed E-state index contributed by atoms with van der Waals surface area (Å²) in [5.41, 5.74) is -0.700. The molecule has 0 aliphatic carbocycles. The number of aryl methyl sites for hydroxylation is 1. The molecular formula is C8H13BrN2O. The SMILES string of the molecule is Cc1ncc(Br)n1CC(C)(C)O. The molecule has 1 heterocycles. The van der Waals surface area contributed by atoms with Gasteiger partial charge in [0.15, 0.2) is 0 Å². The third-order valence-corrected chi connectivity index (χ3v) is 2.18. The number of imidazole rings is 1. The summed E-state index contributed by atoms with van der Waals surface area (Å²) < 4.78 is 2.84. The van der Waals surface area contributed by atoms with Gasteiger partial charge in [-0.3, -0.25) is 0 Å². The lowest BCUT2D eigenvalue weighted by Gasteiger charge is -2.19. The maximum Gasteiger partial charge on any atom is 0.106 e. The van der Waals surface area contributed by atoms with Crippen molar-refractivity contribution in [3.63, 3.8) is 0 Å². The van der Waals surface area contributed by atoms with E-state index in [2.05, 4.69) is 20.9 Å². The minimum absolute atomic E-state index is 0.555. The van der Waals surface area contributed by atoms with E-state index in [0.717, 1.165) is 10.4 Å². The van der Waals surface area contributed by atoms with E-state index >= 15 is 0 Å². The Balaban J connectivity index is 2.88. The molecule has 4 heteroatoms. The van der Waals surface area contributed by atoms with Crippen LogP contribution in [0.2, 0.25) is 0 Å². The summed E-state index contributed by atoms with van der Waals surface area (Å²) in [7, 11) is 0. The molecule has 0 saturated carbocycles. The van der Waals surface area contributed by atoms with Crippen molar-refractivity contribution in [3.05, 3.63) is 16.6 Å². The van der Waals surface area contributed by atoms with Gasteiger partial charge in [-0.15, -0.1) is 0 Å². The van der Waals surface area contributed by atoms with E-state index in [-0.39, 0.29) is 0 Å². The summed E-state index contributed by atoms with van der Waals surface area (Å²) in [4.78, 5) is 4.11. The molecule has 0 fully saturated rings. The van der Waals surface area contributed by atoms with Crippen molar-refractivity contribution in [1.29, 1.82) is 0 Å². The van der Waals surface area contributed by atoms with E-state index in [1.54, 1.807) is 20.0 Å². The van der Waals surface area contributed by atoms with Gasteiger partial charge in [0.05, 0.1) is 18.3 Å². The summed E-state index contributed by atoms with van der Waals surface area (Å²) in [6.07, 6.45) is 1.74. The quantitative estimate of drug-likeness (QED) is 0.844. The summed E-state index contributed by atoms with van der Waals surface area (Å²) in [5.74, 6) is 0.906. The molecule has 0 spiro atoms. The molecule has 1 aromatic rings. The van der Waals surface area contributed by atoms with Crippen molar-refractivity contribution < 1.29 is 5.11 Å². The van der Waals surface area contributed by atoms with Crippen LogP contribution in [0.25, 0.3) is 0 Å². The average Bonchev–Trinajstić information content (AvgIpc) is 2.16. The number of aromatic nitrogens is 2. The van der Waals surface area contributed by atoms with Crippen molar-refractivity contribution in [2.24, 2.45) is 0 Å².